The fourth-order valence-corrected chi connectivity index (χ4v) is 4.00. The van der Waals surface area contributed by atoms with Gasteiger partial charge in [-0.15, -0.1) is 11.8 Å². The number of hydrazone groups is 1. The maximum atomic E-state index is 12.0. The Kier molecular flexibility index (Phi) is 6.37. The van der Waals surface area contributed by atoms with E-state index in [1.54, 1.807) is 6.21 Å². The van der Waals surface area contributed by atoms with Crippen molar-refractivity contribution >= 4 is 23.9 Å². The van der Waals surface area contributed by atoms with E-state index in [-0.39, 0.29) is 5.91 Å². The molecule has 0 saturated carbocycles. The number of hydrogen-bond donors (Lipinski definition) is 1. The van der Waals surface area contributed by atoms with Crippen LogP contribution in [0, 0.1) is 27.7 Å². The van der Waals surface area contributed by atoms with Gasteiger partial charge in [-0.3, -0.25) is 4.79 Å². The van der Waals surface area contributed by atoms with E-state index in [2.05, 4.69) is 67.1 Å². The summed E-state index contributed by atoms with van der Waals surface area (Å²) >= 11 is 1.49. The summed E-state index contributed by atoms with van der Waals surface area (Å²) < 4.78 is 2.25. The van der Waals surface area contributed by atoms with Crippen LogP contribution in [0.15, 0.2) is 64.6 Å². The molecule has 0 atom stereocenters. The van der Waals surface area contributed by atoms with Crippen molar-refractivity contribution in [2.75, 3.05) is 5.75 Å². The molecule has 0 fully saturated rings. The Labute approximate surface area is 170 Å². The van der Waals surface area contributed by atoms with E-state index >= 15 is 0 Å². The molecule has 0 bridgehead atoms. The zero-order valence-corrected chi connectivity index (χ0v) is 17.5. The second-order valence-electron chi connectivity index (χ2n) is 6.80. The van der Waals surface area contributed by atoms with Crippen LogP contribution >= 0.6 is 11.8 Å². The second-order valence-corrected chi connectivity index (χ2v) is 7.85. The van der Waals surface area contributed by atoms with Crippen molar-refractivity contribution in [3.63, 3.8) is 0 Å². The van der Waals surface area contributed by atoms with Gasteiger partial charge < -0.3 is 4.57 Å². The highest BCUT2D eigenvalue weighted by Gasteiger charge is 2.13. The minimum absolute atomic E-state index is 0.117. The lowest BCUT2D eigenvalue weighted by Gasteiger charge is -2.15. The molecular weight excluding hydrogens is 366 g/mol. The molecule has 0 aliphatic heterocycles. The van der Waals surface area contributed by atoms with Gasteiger partial charge in [0.25, 0.3) is 0 Å². The largest absolute Gasteiger partial charge is 0.317 e. The first-order valence-electron chi connectivity index (χ1n) is 9.22. The molecule has 1 aromatic heterocycles. The van der Waals surface area contributed by atoms with Crippen LogP contribution in [0.5, 0.6) is 0 Å². The van der Waals surface area contributed by atoms with Crippen LogP contribution < -0.4 is 5.43 Å². The number of rotatable bonds is 6. The predicted molar refractivity (Wildman–Crippen MR) is 118 cm³/mol. The van der Waals surface area contributed by atoms with Gasteiger partial charge in [0, 0.05) is 21.8 Å². The highest BCUT2D eigenvalue weighted by molar-refractivity contribution is 8.00. The first-order valence-corrected chi connectivity index (χ1v) is 10.2. The van der Waals surface area contributed by atoms with Gasteiger partial charge in [0.05, 0.1) is 17.7 Å². The molecule has 0 spiro atoms. The number of benzene rings is 2. The summed E-state index contributed by atoms with van der Waals surface area (Å²) in [5.74, 6) is 0.219. The molecule has 28 heavy (non-hydrogen) atoms. The SMILES string of the molecule is Cc1cccc(C)c1-n1c(C)cc(/C=N\NC(=O)CSc2ccccc2)c1C. The molecule has 0 radical (unpaired) electrons. The Morgan fingerprint density at radius 2 is 1.71 bits per heavy atom. The average Bonchev–Trinajstić information content (AvgIpc) is 2.95. The third-order valence-corrected chi connectivity index (χ3v) is 5.65. The summed E-state index contributed by atoms with van der Waals surface area (Å²) in [7, 11) is 0. The molecule has 0 aliphatic carbocycles. The number of aromatic nitrogens is 1. The Morgan fingerprint density at radius 3 is 2.39 bits per heavy atom. The summed E-state index contributed by atoms with van der Waals surface area (Å²) in [6.07, 6.45) is 1.72. The molecule has 3 rings (SSSR count). The summed E-state index contributed by atoms with van der Waals surface area (Å²) in [5.41, 5.74) is 9.54. The van der Waals surface area contributed by atoms with Crippen LogP contribution in [-0.4, -0.2) is 22.4 Å². The van der Waals surface area contributed by atoms with E-state index in [4.69, 9.17) is 0 Å². The maximum Gasteiger partial charge on any atom is 0.250 e. The van der Waals surface area contributed by atoms with Gasteiger partial charge in [0.2, 0.25) is 5.91 Å². The Morgan fingerprint density at radius 1 is 1.04 bits per heavy atom. The van der Waals surface area contributed by atoms with Crippen LogP contribution in [0.2, 0.25) is 0 Å². The Hall–Kier alpha value is -2.79. The van der Waals surface area contributed by atoms with Crippen molar-refractivity contribution in [1.29, 1.82) is 0 Å². The highest BCUT2D eigenvalue weighted by Crippen LogP contribution is 2.25. The molecule has 1 heterocycles. The van der Waals surface area contributed by atoms with E-state index in [9.17, 15) is 4.79 Å². The van der Waals surface area contributed by atoms with Crippen molar-refractivity contribution in [3.8, 4) is 5.69 Å². The molecule has 5 heteroatoms. The van der Waals surface area contributed by atoms with Crippen LogP contribution in [0.4, 0.5) is 0 Å². The zero-order chi connectivity index (χ0) is 20.1. The van der Waals surface area contributed by atoms with E-state index in [0.29, 0.717) is 5.75 Å². The standard InChI is InChI=1S/C23H25N3OS/c1-16-9-8-10-17(2)23(16)26-18(3)13-20(19(26)4)14-24-25-22(27)15-28-21-11-6-5-7-12-21/h5-14H,15H2,1-4H3,(H,25,27)/b24-14-. The molecule has 0 unspecified atom stereocenters. The number of thioether (sulfide) groups is 1. The smallest absolute Gasteiger partial charge is 0.250 e. The lowest BCUT2D eigenvalue weighted by molar-refractivity contribution is -0.118. The molecule has 144 valence electrons. The third-order valence-electron chi connectivity index (χ3n) is 4.64. The number of hydrogen-bond acceptors (Lipinski definition) is 3. The lowest BCUT2D eigenvalue weighted by Crippen LogP contribution is -2.19. The molecule has 1 amide bonds. The molecule has 1 N–H and O–H groups in total. The van der Waals surface area contributed by atoms with Gasteiger partial charge in [-0.2, -0.15) is 5.10 Å². The Bertz CT molecular complexity index is 986. The first-order chi connectivity index (χ1) is 13.5. The van der Waals surface area contributed by atoms with Crippen LogP contribution in [0.1, 0.15) is 28.1 Å². The minimum Gasteiger partial charge on any atom is -0.317 e. The second kappa shape index (κ2) is 8.93. The molecule has 0 aliphatic rings. The van der Waals surface area contributed by atoms with E-state index in [1.165, 1.54) is 28.6 Å². The van der Waals surface area contributed by atoms with E-state index < -0.39 is 0 Å². The van der Waals surface area contributed by atoms with Crippen molar-refractivity contribution in [1.82, 2.24) is 9.99 Å². The van der Waals surface area contributed by atoms with Gasteiger partial charge in [0.15, 0.2) is 0 Å². The number of nitrogens with zero attached hydrogens (tertiary/aromatic N) is 2. The molecule has 3 aromatic rings. The predicted octanol–water partition coefficient (Wildman–Crippen LogP) is 4.95. The minimum atomic E-state index is -0.117. The van der Waals surface area contributed by atoms with E-state index in [0.717, 1.165) is 21.8 Å². The van der Waals surface area contributed by atoms with Crippen molar-refractivity contribution in [3.05, 3.63) is 82.7 Å². The van der Waals surface area contributed by atoms with Crippen LogP contribution in [-0.2, 0) is 4.79 Å². The number of aryl methyl sites for hydroxylation is 3. The normalized spacial score (nSPS) is 11.1. The quantitative estimate of drug-likeness (QED) is 0.367. The van der Waals surface area contributed by atoms with Crippen molar-refractivity contribution in [2.45, 2.75) is 32.6 Å². The van der Waals surface area contributed by atoms with Gasteiger partial charge >= 0.3 is 0 Å². The molecule has 2 aromatic carbocycles. The topological polar surface area (TPSA) is 46.4 Å². The van der Waals surface area contributed by atoms with E-state index in [1.807, 2.05) is 30.3 Å². The van der Waals surface area contributed by atoms with Gasteiger partial charge in [-0.1, -0.05) is 36.4 Å². The van der Waals surface area contributed by atoms with Gasteiger partial charge in [-0.25, -0.2) is 5.43 Å². The first kappa shape index (κ1) is 20.0. The number of para-hydroxylation sites is 1. The maximum absolute atomic E-state index is 12.0. The van der Waals surface area contributed by atoms with Crippen molar-refractivity contribution in [2.24, 2.45) is 5.10 Å². The fourth-order valence-electron chi connectivity index (χ4n) is 3.29. The van der Waals surface area contributed by atoms with Crippen LogP contribution in [0.3, 0.4) is 0 Å². The number of amides is 1. The van der Waals surface area contributed by atoms with Crippen molar-refractivity contribution < 1.29 is 4.79 Å². The number of nitrogens with one attached hydrogen (secondary N) is 1. The lowest BCUT2D eigenvalue weighted by atomic mass is 10.1. The number of carbonyl (C=O) groups excluding carboxylic acids is 1. The highest BCUT2D eigenvalue weighted by atomic mass is 32.2. The zero-order valence-electron chi connectivity index (χ0n) is 16.7. The molecular formula is C23H25N3OS. The Balaban J connectivity index is 1.69. The molecule has 4 nitrogen and oxygen atoms in total. The summed E-state index contributed by atoms with van der Waals surface area (Å²) in [5, 5.41) is 4.16. The summed E-state index contributed by atoms with van der Waals surface area (Å²) in [4.78, 5) is 13.1. The average molecular weight is 392 g/mol. The third kappa shape index (κ3) is 4.54. The number of carbonyl (C=O) groups is 1. The monoisotopic (exact) mass is 391 g/mol. The summed E-state index contributed by atoms with van der Waals surface area (Å²) in [6, 6.07) is 18.3. The van der Waals surface area contributed by atoms with Gasteiger partial charge in [0.1, 0.15) is 0 Å². The van der Waals surface area contributed by atoms with Crippen LogP contribution in [0.25, 0.3) is 5.69 Å². The molecule has 0 saturated heterocycles. The van der Waals surface area contributed by atoms with Gasteiger partial charge in [-0.05, 0) is 57.0 Å². The summed E-state index contributed by atoms with van der Waals surface area (Å²) in [6.45, 7) is 8.41. The fraction of sp³-hybridized carbons (Fsp3) is 0.217.